The Balaban J connectivity index is 2.29. The molecule has 20 heavy (non-hydrogen) atoms. The zero-order valence-electron chi connectivity index (χ0n) is 12.8. The summed E-state index contributed by atoms with van der Waals surface area (Å²) in [6.07, 6.45) is 6.77. The standard InChI is InChI=1S/C16H26FN3/c1-4-19-15(13-8-9-18-12-14(13)17)16(2,3)20-10-6-5-7-11-20/h8-9,12,15,19H,4-7,10-11H2,1-3H3. The number of likely N-dealkylation sites (tertiary alicyclic amines) is 1. The average molecular weight is 279 g/mol. The smallest absolute Gasteiger partial charge is 0.146 e. The number of hydrogen-bond acceptors (Lipinski definition) is 3. The third kappa shape index (κ3) is 3.18. The van der Waals surface area contributed by atoms with Crippen molar-refractivity contribution < 1.29 is 4.39 Å². The fourth-order valence-corrected chi connectivity index (χ4v) is 3.22. The number of nitrogens with one attached hydrogen (secondary N) is 1. The van der Waals surface area contributed by atoms with Crippen molar-refractivity contribution >= 4 is 0 Å². The van der Waals surface area contributed by atoms with Gasteiger partial charge < -0.3 is 5.32 Å². The zero-order chi connectivity index (χ0) is 14.6. The van der Waals surface area contributed by atoms with Gasteiger partial charge in [-0.15, -0.1) is 0 Å². The minimum absolute atomic E-state index is 0.0198. The van der Waals surface area contributed by atoms with Crippen molar-refractivity contribution in [2.24, 2.45) is 0 Å². The van der Waals surface area contributed by atoms with E-state index in [0.717, 1.165) is 25.2 Å². The largest absolute Gasteiger partial charge is 0.309 e. The first-order valence-electron chi connectivity index (χ1n) is 7.65. The molecule has 1 N–H and O–H groups in total. The van der Waals surface area contributed by atoms with Crippen molar-refractivity contribution in [2.45, 2.75) is 51.6 Å². The topological polar surface area (TPSA) is 28.2 Å². The molecule has 0 aliphatic carbocycles. The van der Waals surface area contributed by atoms with Crippen molar-refractivity contribution in [1.82, 2.24) is 15.2 Å². The van der Waals surface area contributed by atoms with Crippen LogP contribution in [0.1, 0.15) is 51.6 Å². The molecule has 1 fully saturated rings. The van der Waals surface area contributed by atoms with Crippen LogP contribution in [0.25, 0.3) is 0 Å². The van der Waals surface area contributed by atoms with E-state index in [1.165, 1.54) is 25.5 Å². The average Bonchev–Trinajstić information content (AvgIpc) is 2.46. The Hall–Kier alpha value is -1.00. The van der Waals surface area contributed by atoms with Gasteiger partial charge in [0.25, 0.3) is 0 Å². The normalized spacial score (nSPS) is 19.0. The van der Waals surface area contributed by atoms with E-state index >= 15 is 0 Å². The quantitative estimate of drug-likeness (QED) is 0.897. The molecule has 112 valence electrons. The van der Waals surface area contributed by atoms with E-state index in [0.29, 0.717) is 0 Å². The Kier molecular flexibility index (Phi) is 5.11. The van der Waals surface area contributed by atoms with Crippen molar-refractivity contribution in [2.75, 3.05) is 19.6 Å². The molecule has 0 spiro atoms. The lowest BCUT2D eigenvalue weighted by molar-refractivity contribution is 0.0601. The zero-order valence-corrected chi connectivity index (χ0v) is 12.8. The van der Waals surface area contributed by atoms with Crippen LogP contribution >= 0.6 is 0 Å². The Morgan fingerprint density at radius 3 is 2.65 bits per heavy atom. The lowest BCUT2D eigenvalue weighted by atomic mass is 9.85. The van der Waals surface area contributed by atoms with Gasteiger partial charge in [-0.05, 0) is 52.4 Å². The summed E-state index contributed by atoms with van der Waals surface area (Å²) in [5.74, 6) is -0.219. The summed E-state index contributed by atoms with van der Waals surface area (Å²) in [6, 6.07) is 1.78. The summed E-state index contributed by atoms with van der Waals surface area (Å²) < 4.78 is 14.1. The fourth-order valence-electron chi connectivity index (χ4n) is 3.22. The molecule has 3 nitrogen and oxygen atoms in total. The van der Waals surface area contributed by atoms with Crippen LogP contribution in [0.3, 0.4) is 0 Å². The molecule has 0 aromatic carbocycles. The van der Waals surface area contributed by atoms with Gasteiger partial charge in [-0.25, -0.2) is 4.39 Å². The number of nitrogens with zero attached hydrogens (tertiary/aromatic N) is 2. The Morgan fingerprint density at radius 1 is 1.35 bits per heavy atom. The Labute approximate surface area is 121 Å². The first-order valence-corrected chi connectivity index (χ1v) is 7.65. The number of hydrogen-bond donors (Lipinski definition) is 1. The molecule has 1 aliphatic rings. The minimum atomic E-state index is -0.219. The van der Waals surface area contributed by atoms with E-state index in [1.807, 2.05) is 0 Å². The van der Waals surface area contributed by atoms with Gasteiger partial charge in [0.2, 0.25) is 0 Å². The monoisotopic (exact) mass is 279 g/mol. The van der Waals surface area contributed by atoms with Crippen LogP contribution in [0, 0.1) is 5.82 Å². The van der Waals surface area contributed by atoms with Gasteiger partial charge >= 0.3 is 0 Å². The molecular formula is C16H26FN3. The van der Waals surface area contributed by atoms with E-state index < -0.39 is 0 Å². The highest BCUT2D eigenvalue weighted by molar-refractivity contribution is 5.22. The Bertz CT molecular complexity index is 427. The molecule has 0 amide bonds. The second kappa shape index (κ2) is 6.64. The lowest BCUT2D eigenvalue weighted by Crippen LogP contribution is -2.54. The maximum absolute atomic E-state index is 14.1. The molecule has 1 atom stereocenters. The fraction of sp³-hybridized carbons (Fsp3) is 0.688. The van der Waals surface area contributed by atoms with Crippen molar-refractivity contribution in [3.8, 4) is 0 Å². The predicted octanol–water partition coefficient (Wildman–Crippen LogP) is 3.14. The molecule has 4 heteroatoms. The molecule has 0 saturated carbocycles. The van der Waals surface area contributed by atoms with Gasteiger partial charge in [-0.3, -0.25) is 9.88 Å². The van der Waals surface area contributed by atoms with E-state index in [-0.39, 0.29) is 17.4 Å². The maximum atomic E-state index is 14.1. The summed E-state index contributed by atoms with van der Waals surface area (Å²) in [4.78, 5) is 6.36. The van der Waals surface area contributed by atoms with Gasteiger partial charge in [0, 0.05) is 17.3 Å². The number of likely N-dealkylation sites (N-methyl/N-ethyl adjacent to an activating group) is 1. The maximum Gasteiger partial charge on any atom is 0.146 e. The SMILES string of the molecule is CCNC(c1ccncc1F)C(C)(C)N1CCCCC1. The van der Waals surface area contributed by atoms with Crippen LogP contribution in [0.4, 0.5) is 4.39 Å². The van der Waals surface area contributed by atoms with Crippen LogP contribution in [0.5, 0.6) is 0 Å². The first kappa shape index (κ1) is 15.4. The predicted molar refractivity (Wildman–Crippen MR) is 80.1 cm³/mol. The summed E-state index contributed by atoms with van der Waals surface area (Å²) in [5.41, 5.74) is 0.607. The number of rotatable bonds is 5. The van der Waals surface area contributed by atoms with Crippen LogP contribution < -0.4 is 5.32 Å². The minimum Gasteiger partial charge on any atom is -0.309 e. The molecule has 0 bridgehead atoms. The third-order valence-electron chi connectivity index (χ3n) is 4.40. The molecule has 1 aromatic heterocycles. The Morgan fingerprint density at radius 2 is 2.05 bits per heavy atom. The van der Waals surface area contributed by atoms with E-state index in [9.17, 15) is 4.39 Å². The highest BCUT2D eigenvalue weighted by Gasteiger charge is 2.37. The molecule has 1 saturated heterocycles. The van der Waals surface area contributed by atoms with Gasteiger partial charge in [0.15, 0.2) is 0 Å². The molecule has 0 radical (unpaired) electrons. The van der Waals surface area contributed by atoms with Gasteiger partial charge in [-0.1, -0.05) is 13.3 Å². The van der Waals surface area contributed by atoms with Crippen molar-refractivity contribution in [3.05, 3.63) is 29.8 Å². The summed E-state index contributed by atoms with van der Waals surface area (Å²) in [5, 5.41) is 3.47. The highest BCUT2D eigenvalue weighted by Crippen LogP contribution is 2.34. The molecule has 2 rings (SSSR count). The summed E-state index contributed by atoms with van der Waals surface area (Å²) >= 11 is 0. The number of piperidine rings is 1. The van der Waals surface area contributed by atoms with Crippen molar-refractivity contribution in [3.63, 3.8) is 0 Å². The van der Waals surface area contributed by atoms with Crippen LogP contribution in [-0.2, 0) is 0 Å². The lowest BCUT2D eigenvalue weighted by Gasteiger charge is -2.46. The van der Waals surface area contributed by atoms with Gasteiger partial charge in [-0.2, -0.15) is 0 Å². The third-order valence-corrected chi connectivity index (χ3v) is 4.40. The number of halogens is 1. The second-order valence-corrected chi connectivity index (χ2v) is 6.09. The van der Waals surface area contributed by atoms with E-state index in [2.05, 4.69) is 36.0 Å². The summed E-state index contributed by atoms with van der Waals surface area (Å²) in [7, 11) is 0. The van der Waals surface area contributed by atoms with Gasteiger partial charge in [0.05, 0.1) is 12.2 Å². The number of aromatic nitrogens is 1. The molecule has 1 aromatic rings. The second-order valence-electron chi connectivity index (χ2n) is 6.09. The highest BCUT2D eigenvalue weighted by atomic mass is 19.1. The molecule has 1 aliphatic heterocycles. The molecular weight excluding hydrogens is 253 g/mol. The van der Waals surface area contributed by atoms with Crippen LogP contribution in [0.15, 0.2) is 18.5 Å². The van der Waals surface area contributed by atoms with Crippen molar-refractivity contribution in [1.29, 1.82) is 0 Å². The summed E-state index contributed by atoms with van der Waals surface area (Å²) in [6.45, 7) is 9.52. The van der Waals surface area contributed by atoms with Gasteiger partial charge in [0.1, 0.15) is 5.82 Å². The van der Waals surface area contributed by atoms with Crippen LogP contribution in [0.2, 0.25) is 0 Å². The first-order chi connectivity index (χ1) is 9.57. The van der Waals surface area contributed by atoms with E-state index in [1.54, 1.807) is 12.3 Å². The molecule has 1 unspecified atom stereocenters. The van der Waals surface area contributed by atoms with Crippen LogP contribution in [-0.4, -0.2) is 35.1 Å². The number of pyridine rings is 1. The molecule has 2 heterocycles. The van der Waals surface area contributed by atoms with E-state index in [4.69, 9.17) is 0 Å².